The number of nitrogens with zero attached hydrogens (tertiary/aromatic N) is 4. The van der Waals surface area contributed by atoms with E-state index in [2.05, 4.69) is 0 Å². The first kappa shape index (κ1) is 26.8. The smallest absolute Gasteiger partial charge is 0.266 e. The Morgan fingerprint density at radius 2 is 1.87 bits per heavy atom. The van der Waals surface area contributed by atoms with Crippen molar-refractivity contribution in [3.05, 3.63) is 71.3 Å². The van der Waals surface area contributed by atoms with Gasteiger partial charge in [-0.2, -0.15) is 9.40 Å². The van der Waals surface area contributed by atoms with Crippen LogP contribution in [-0.2, 0) is 19.6 Å². The van der Waals surface area contributed by atoms with Gasteiger partial charge in [-0.05, 0) is 49.6 Å². The topological polar surface area (TPSA) is 84.7 Å². The summed E-state index contributed by atoms with van der Waals surface area (Å²) < 4.78 is 35.4. The maximum atomic E-state index is 13.2. The first-order valence-electron chi connectivity index (χ1n) is 12.4. The summed E-state index contributed by atoms with van der Waals surface area (Å²) in [5.74, 6) is -0.153. The Morgan fingerprint density at radius 3 is 2.61 bits per heavy atom. The molecule has 5 rings (SSSR count). The molecular weight excluding hydrogens is 541 g/mol. The SMILES string of the molecule is COCCCN1C(=O)C(=Cc2cn(-c3ccccc3)nc2-c2cccc(S(=O)(=O)N3CCCC3)c2)SC1=S. The van der Waals surface area contributed by atoms with Gasteiger partial charge in [-0.25, -0.2) is 13.1 Å². The summed E-state index contributed by atoms with van der Waals surface area (Å²) in [5.41, 5.74) is 2.78. The van der Waals surface area contributed by atoms with E-state index in [9.17, 15) is 13.2 Å². The summed E-state index contributed by atoms with van der Waals surface area (Å²) >= 11 is 6.73. The van der Waals surface area contributed by atoms with Crippen molar-refractivity contribution in [1.29, 1.82) is 0 Å². The van der Waals surface area contributed by atoms with Crippen LogP contribution in [0.2, 0.25) is 0 Å². The number of hydrogen-bond acceptors (Lipinski definition) is 7. The second-order valence-corrected chi connectivity index (χ2v) is 12.6. The number of methoxy groups -OCH3 is 1. The van der Waals surface area contributed by atoms with E-state index in [1.165, 1.54) is 16.1 Å². The van der Waals surface area contributed by atoms with Gasteiger partial charge in [-0.3, -0.25) is 9.69 Å². The number of aromatic nitrogens is 2. The number of carbonyl (C=O) groups excluding carboxylic acids is 1. The second-order valence-electron chi connectivity index (χ2n) is 9.03. The molecule has 2 aliphatic heterocycles. The normalized spacial score (nSPS) is 17.7. The van der Waals surface area contributed by atoms with Gasteiger partial charge >= 0.3 is 0 Å². The van der Waals surface area contributed by atoms with E-state index in [0.717, 1.165) is 18.5 Å². The van der Waals surface area contributed by atoms with Gasteiger partial charge < -0.3 is 4.74 Å². The number of benzene rings is 2. The number of amides is 1. The highest BCUT2D eigenvalue weighted by Gasteiger charge is 2.32. The van der Waals surface area contributed by atoms with E-state index in [0.29, 0.717) is 58.7 Å². The van der Waals surface area contributed by atoms with E-state index >= 15 is 0 Å². The van der Waals surface area contributed by atoms with Crippen LogP contribution >= 0.6 is 24.0 Å². The molecule has 0 atom stereocenters. The lowest BCUT2D eigenvalue weighted by Crippen LogP contribution is -2.29. The van der Waals surface area contributed by atoms with Crippen molar-refractivity contribution in [3.63, 3.8) is 0 Å². The first-order valence-corrected chi connectivity index (χ1v) is 15.0. The van der Waals surface area contributed by atoms with Crippen molar-refractivity contribution in [2.45, 2.75) is 24.2 Å². The van der Waals surface area contributed by atoms with E-state index in [1.807, 2.05) is 42.6 Å². The number of thiocarbonyl (C=S) groups is 1. The van der Waals surface area contributed by atoms with E-state index < -0.39 is 10.0 Å². The Labute approximate surface area is 232 Å². The standard InChI is InChI=1S/C27H28N4O4S3/c1-35-16-8-15-30-26(32)24(37-27(30)36)18-21-19-31(22-10-3-2-4-11-22)28-25(21)20-9-7-12-23(17-20)38(33,34)29-13-5-6-14-29/h2-4,7,9-12,17-19H,5-6,8,13-16H2,1H3. The summed E-state index contributed by atoms with van der Waals surface area (Å²) in [4.78, 5) is 15.5. The van der Waals surface area contributed by atoms with Crippen LogP contribution in [0.25, 0.3) is 23.0 Å². The van der Waals surface area contributed by atoms with Gasteiger partial charge in [0.15, 0.2) is 0 Å². The molecule has 3 aromatic rings. The Bertz CT molecular complexity index is 1480. The zero-order chi connectivity index (χ0) is 26.7. The van der Waals surface area contributed by atoms with E-state index in [-0.39, 0.29) is 10.8 Å². The Morgan fingerprint density at radius 1 is 1.11 bits per heavy atom. The first-order chi connectivity index (χ1) is 18.4. The fourth-order valence-electron chi connectivity index (χ4n) is 4.51. The average Bonchev–Trinajstić information content (AvgIpc) is 3.67. The van der Waals surface area contributed by atoms with Crippen LogP contribution in [0.4, 0.5) is 0 Å². The lowest BCUT2D eigenvalue weighted by molar-refractivity contribution is -0.122. The largest absolute Gasteiger partial charge is 0.385 e. The second kappa shape index (κ2) is 11.5. The molecular formula is C27H28N4O4S3. The molecule has 2 saturated heterocycles. The fourth-order valence-corrected chi connectivity index (χ4v) is 7.38. The van der Waals surface area contributed by atoms with Gasteiger partial charge in [0, 0.05) is 50.7 Å². The van der Waals surface area contributed by atoms with Gasteiger partial charge in [-0.15, -0.1) is 0 Å². The molecule has 38 heavy (non-hydrogen) atoms. The summed E-state index contributed by atoms with van der Waals surface area (Å²) in [6, 6.07) is 16.5. The molecule has 8 nitrogen and oxygen atoms in total. The summed E-state index contributed by atoms with van der Waals surface area (Å²) in [7, 11) is -1.97. The third-order valence-corrected chi connectivity index (χ3v) is 9.74. The highest BCUT2D eigenvalue weighted by atomic mass is 32.2. The van der Waals surface area contributed by atoms with Crippen molar-refractivity contribution in [2.75, 3.05) is 33.4 Å². The molecule has 0 radical (unpaired) electrons. The molecule has 2 fully saturated rings. The van der Waals surface area contributed by atoms with Gasteiger partial charge in [0.1, 0.15) is 10.0 Å². The molecule has 0 spiro atoms. The van der Waals surface area contributed by atoms with Gasteiger partial charge in [0.25, 0.3) is 5.91 Å². The number of ether oxygens (including phenoxy) is 1. The third-order valence-electron chi connectivity index (χ3n) is 6.46. The summed E-state index contributed by atoms with van der Waals surface area (Å²) in [6.07, 6.45) is 6.07. The summed E-state index contributed by atoms with van der Waals surface area (Å²) in [6.45, 7) is 2.10. The molecule has 1 amide bonds. The predicted molar refractivity (Wildman–Crippen MR) is 153 cm³/mol. The van der Waals surface area contributed by atoms with Crippen molar-refractivity contribution < 1.29 is 17.9 Å². The molecule has 0 saturated carbocycles. The molecule has 3 heterocycles. The lowest BCUT2D eigenvalue weighted by atomic mass is 10.1. The molecule has 11 heteroatoms. The molecule has 0 aliphatic carbocycles. The molecule has 0 bridgehead atoms. The molecule has 2 aromatic carbocycles. The van der Waals surface area contributed by atoms with Gasteiger partial charge in [-0.1, -0.05) is 54.3 Å². The lowest BCUT2D eigenvalue weighted by Gasteiger charge is -2.16. The Balaban J connectivity index is 1.55. The quantitative estimate of drug-likeness (QED) is 0.213. The van der Waals surface area contributed by atoms with Crippen LogP contribution in [0.1, 0.15) is 24.8 Å². The minimum Gasteiger partial charge on any atom is -0.385 e. The predicted octanol–water partition coefficient (Wildman–Crippen LogP) is 4.56. The minimum atomic E-state index is -3.59. The van der Waals surface area contributed by atoms with Gasteiger partial charge in [0.2, 0.25) is 10.0 Å². The maximum absolute atomic E-state index is 13.2. The highest BCUT2D eigenvalue weighted by Crippen LogP contribution is 2.35. The summed E-state index contributed by atoms with van der Waals surface area (Å²) in [5, 5.41) is 4.82. The molecule has 0 N–H and O–H groups in total. The van der Waals surface area contributed by atoms with Gasteiger partial charge in [0.05, 0.1) is 15.5 Å². The van der Waals surface area contributed by atoms with Crippen molar-refractivity contribution >= 4 is 50.3 Å². The zero-order valence-corrected chi connectivity index (χ0v) is 23.4. The fraction of sp³-hybridized carbons (Fsp3) is 0.296. The number of sulfonamides is 1. The van der Waals surface area contributed by atoms with Crippen LogP contribution in [0.15, 0.2) is 70.6 Å². The highest BCUT2D eigenvalue weighted by molar-refractivity contribution is 8.26. The van der Waals surface area contributed by atoms with Crippen LogP contribution in [0.5, 0.6) is 0 Å². The third kappa shape index (κ3) is 5.48. The molecule has 0 unspecified atom stereocenters. The average molecular weight is 569 g/mol. The number of para-hydroxylation sites is 1. The number of carbonyl (C=O) groups is 1. The van der Waals surface area contributed by atoms with E-state index in [4.69, 9.17) is 22.1 Å². The molecule has 1 aromatic heterocycles. The molecule has 2 aliphatic rings. The van der Waals surface area contributed by atoms with Crippen molar-refractivity contribution in [1.82, 2.24) is 19.0 Å². The van der Waals surface area contributed by atoms with Crippen LogP contribution < -0.4 is 0 Å². The number of hydrogen-bond donors (Lipinski definition) is 0. The monoisotopic (exact) mass is 568 g/mol. The minimum absolute atomic E-state index is 0.153. The van der Waals surface area contributed by atoms with Crippen molar-refractivity contribution in [3.8, 4) is 16.9 Å². The number of thioether (sulfide) groups is 1. The Kier molecular flexibility index (Phi) is 8.10. The van der Waals surface area contributed by atoms with Crippen LogP contribution in [-0.4, -0.2) is 71.0 Å². The van der Waals surface area contributed by atoms with Crippen LogP contribution in [0.3, 0.4) is 0 Å². The Hall–Kier alpha value is -2.83. The zero-order valence-electron chi connectivity index (χ0n) is 20.9. The van der Waals surface area contributed by atoms with Crippen LogP contribution in [0, 0.1) is 0 Å². The van der Waals surface area contributed by atoms with Crippen molar-refractivity contribution in [2.24, 2.45) is 0 Å². The van der Waals surface area contributed by atoms with E-state index in [1.54, 1.807) is 41.0 Å². The maximum Gasteiger partial charge on any atom is 0.266 e. The molecule has 198 valence electrons. The number of rotatable bonds is 9.